The molecule has 4 aromatic rings. The van der Waals surface area contributed by atoms with Crippen molar-refractivity contribution in [2.24, 2.45) is 0 Å². The lowest BCUT2D eigenvalue weighted by atomic mass is 10.2. The van der Waals surface area contributed by atoms with Crippen LogP contribution in [0.1, 0.15) is 0 Å². The van der Waals surface area contributed by atoms with Gasteiger partial charge in [0.2, 0.25) is 0 Å². The molecule has 4 heterocycles. The van der Waals surface area contributed by atoms with E-state index in [2.05, 4.69) is 30.7 Å². The number of nitrogens with one attached hydrogen (secondary N) is 2. The van der Waals surface area contributed by atoms with E-state index in [-0.39, 0.29) is 0 Å². The standard InChI is InChI=1S/C21H21N7O4/c1-30-17-10-14(12-24-20(17)31-2)16-5-8-28-19(25-16)11-18(27-28)26-21(29)23-7-9-32-15-4-3-6-22-13-15/h3-6,8,10-13H,7,9H2,1-2H3,(H2,23,26,27,29). The SMILES string of the molecule is COc1cc(-c2ccn3nc(NC(=O)NCCOc4cccnc4)cc3n2)cnc1OC. The van der Waals surface area contributed by atoms with Gasteiger partial charge in [-0.1, -0.05) is 0 Å². The lowest BCUT2D eigenvalue weighted by molar-refractivity contribution is 0.247. The molecule has 0 aromatic carbocycles. The first kappa shape index (κ1) is 20.8. The van der Waals surface area contributed by atoms with Gasteiger partial charge in [0.25, 0.3) is 5.88 Å². The van der Waals surface area contributed by atoms with Gasteiger partial charge in [-0.25, -0.2) is 19.3 Å². The highest BCUT2D eigenvalue weighted by molar-refractivity contribution is 5.88. The number of urea groups is 1. The number of methoxy groups -OCH3 is 2. The minimum absolute atomic E-state index is 0.314. The number of hydrogen-bond donors (Lipinski definition) is 2. The molecule has 164 valence electrons. The molecule has 0 unspecified atom stereocenters. The lowest BCUT2D eigenvalue weighted by Crippen LogP contribution is -2.32. The summed E-state index contributed by atoms with van der Waals surface area (Å²) >= 11 is 0. The average Bonchev–Trinajstić information content (AvgIpc) is 3.23. The molecule has 0 atom stereocenters. The number of aromatic nitrogens is 5. The van der Waals surface area contributed by atoms with Crippen LogP contribution in [0.15, 0.2) is 55.1 Å². The van der Waals surface area contributed by atoms with Gasteiger partial charge in [-0.05, 0) is 24.3 Å². The van der Waals surface area contributed by atoms with Crippen molar-refractivity contribution in [1.29, 1.82) is 0 Å². The van der Waals surface area contributed by atoms with Crippen LogP contribution in [0.5, 0.6) is 17.4 Å². The summed E-state index contributed by atoms with van der Waals surface area (Å²) < 4.78 is 17.5. The van der Waals surface area contributed by atoms with Crippen molar-refractivity contribution in [1.82, 2.24) is 29.9 Å². The Kier molecular flexibility index (Phi) is 6.25. The summed E-state index contributed by atoms with van der Waals surface area (Å²) in [4.78, 5) is 24.9. The summed E-state index contributed by atoms with van der Waals surface area (Å²) in [5.74, 6) is 1.91. The first-order valence-electron chi connectivity index (χ1n) is 9.69. The molecule has 0 saturated carbocycles. The molecule has 2 N–H and O–H groups in total. The second-order valence-corrected chi connectivity index (χ2v) is 6.50. The summed E-state index contributed by atoms with van der Waals surface area (Å²) in [6.07, 6.45) is 6.67. The van der Waals surface area contributed by atoms with E-state index in [9.17, 15) is 4.79 Å². The zero-order chi connectivity index (χ0) is 22.3. The van der Waals surface area contributed by atoms with Gasteiger partial charge in [0.15, 0.2) is 17.2 Å². The Hall–Kier alpha value is -4.41. The quantitative estimate of drug-likeness (QED) is 0.404. The molecule has 0 bridgehead atoms. The molecule has 0 aliphatic carbocycles. The van der Waals surface area contributed by atoms with Crippen molar-refractivity contribution in [3.63, 3.8) is 0 Å². The van der Waals surface area contributed by atoms with E-state index in [0.717, 1.165) is 5.56 Å². The summed E-state index contributed by atoms with van der Waals surface area (Å²) in [6, 6.07) is 8.43. The Labute approximate surface area is 183 Å². The van der Waals surface area contributed by atoms with Crippen molar-refractivity contribution >= 4 is 17.5 Å². The van der Waals surface area contributed by atoms with Gasteiger partial charge in [-0.15, -0.1) is 5.10 Å². The van der Waals surface area contributed by atoms with Crippen molar-refractivity contribution in [2.75, 3.05) is 32.7 Å². The molecule has 0 spiro atoms. The van der Waals surface area contributed by atoms with Gasteiger partial charge in [0.1, 0.15) is 12.4 Å². The van der Waals surface area contributed by atoms with E-state index >= 15 is 0 Å². The number of carbonyl (C=O) groups is 1. The molecule has 0 saturated heterocycles. The van der Waals surface area contributed by atoms with E-state index in [1.54, 1.807) is 66.7 Å². The zero-order valence-electron chi connectivity index (χ0n) is 17.5. The Morgan fingerprint density at radius 3 is 2.84 bits per heavy atom. The molecule has 11 nitrogen and oxygen atoms in total. The highest BCUT2D eigenvalue weighted by Gasteiger charge is 2.11. The third kappa shape index (κ3) is 4.83. The number of pyridine rings is 2. The fourth-order valence-corrected chi connectivity index (χ4v) is 2.90. The lowest BCUT2D eigenvalue weighted by Gasteiger charge is -2.08. The first-order valence-corrected chi connectivity index (χ1v) is 9.69. The number of ether oxygens (including phenoxy) is 3. The largest absolute Gasteiger partial charge is 0.491 e. The highest BCUT2D eigenvalue weighted by atomic mass is 16.5. The third-order valence-corrected chi connectivity index (χ3v) is 4.38. The summed E-state index contributed by atoms with van der Waals surface area (Å²) in [5, 5.41) is 9.70. The van der Waals surface area contributed by atoms with Gasteiger partial charge >= 0.3 is 6.03 Å². The van der Waals surface area contributed by atoms with Crippen LogP contribution >= 0.6 is 0 Å². The molecule has 4 aromatic heterocycles. The maximum absolute atomic E-state index is 12.1. The summed E-state index contributed by atoms with van der Waals surface area (Å²) in [7, 11) is 3.07. The van der Waals surface area contributed by atoms with Crippen LogP contribution in [0.25, 0.3) is 16.9 Å². The summed E-state index contributed by atoms with van der Waals surface area (Å²) in [5.41, 5.74) is 1.99. The van der Waals surface area contributed by atoms with Gasteiger partial charge in [-0.2, -0.15) is 0 Å². The van der Waals surface area contributed by atoms with Gasteiger partial charge in [0, 0.05) is 30.2 Å². The number of fused-ring (bicyclic) bond motifs is 1. The zero-order valence-corrected chi connectivity index (χ0v) is 17.5. The Bertz CT molecular complexity index is 1210. The predicted octanol–water partition coefficient (Wildman–Crippen LogP) is 2.40. The Balaban J connectivity index is 1.38. The van der Waals surface area contributed by atoms with E-state index in [0.29, 0.717) is 47.7 Å². The molecular weight excluding hydrogens is 414 g/mol. The molecular formula is C21H21N7O4. The van der Waals surface area contributed by atoms with Crippen LogP contribution in [0.3, 0.4) is 0 Å². The van der Waals surface area contributed by atoms with E-state index in [1.165, 1.54) is 7.11 Å². The number of carbonyl (C=O) groups excluding carboxylic acids is 1. The van der Waals surface area contributed by atoms with Gasteiger partial charge in [-0.3, -0.25) is 10.3 Å². The van der Waals surface area contributed by atoms with Crippen molar-refractivity contribution < 1.29 is 19.0 Å². The number of amides is 2. The molecule has 0 aliphatic rings. The molecule has 4 rings (SSSR count). The normalized spacial score (nSPS) is 10.6. The molecule has 0 aliphatic heterocycles. The Morgan fingerprint density at radius 2 is 2.06 bits per heavy atom. The smallest absolute Gasteiger partial charge is 0.320 e. The highest BCUT2D eigenvalue weighted by Crippen LogP contribution is 2.29. The van der Waals surface area contributed by atoms with Crippen LogP contribution < -0.4 is 24.8 Å². The van der Waals surface area contributed by atoms with Crippen molar-refractivity contribution in [3.05, 3.63) is 55.1 Å². The fraction of sp³-hybridized carbons (Fsp3) is 0.190. The second-order valence-electron chi connectivity index (χ2n) is 6.50. The minimum atomic E-state index is -0.396. The van der Waals surface area contributed by atoms with Gasteiger partial charge < -0.3 is 19.5 Å². The maximum Gasteiger partial charge on any atom is 0.320 e. The number of hydrogen-bond acceptors (Lipinski definition) is 8. The molecule has 32 heavy (non-hydrogen) atoms. The van der Waals surface area contributed by atoms with Crippen LogP contribution in [0.2, 0.25) is 0 Å². The average molecular weight is 435 g/mol. The number of rotatable bonds is 8. The van der Waals surface area contributed by atoms with Crippen LogP contribution in [0, 0.1) is 0 Å². The first-order chi connectivity index (χ1) is 15.7. The predicted molar refractivity (Wildman–Crippen MR) is 116 cm³/mol. The summed E-state index contributed by atoms with van der Waals surface area (Å²) in [6.45, 7) is 0.636. The van der Waals surface area contributed by atoms with E-state index in [4.69, 9.17) is 14.2 Å². The minimum Gasteiger partial charge on any atom is -0.491 e. The second kappa shape index (κ2) is 9.60. The monoisotopic (exact) mass is 435 g/mol. The third-order valence-electron chi connectivity index (χ3n) is 4.38. The Morgan fingerprint density at radius 1 is 1.16 bits per heavy atom. The molecule has 0 fully saturated rings. The van der Waals surface area contributed by atoms with Crippen molar-refractivity contribution in [2.45, 2.75) is 0 Å². The van der Waals surface area contributed by atoms with Gasteiger partial charge in [0.05, 0.1) is 32.7 Å². The van der Waals surface area contributed by atoms with Crippen LogP contribution in [-0.2, 0) is 0 Å². The number of nitrogens with zero attached hydrogens (tertiary/aromatic N) is 5. The maximum atomic E-state index is 12.1. The molecule has 2 amide bonds. The van der Waals surface area contributed by atoms with E-state index < -0.39 is 6.03 Å². The topological polar surface area (TPSA) is 125 Å². The van der Waals surface area contributed by atoms with Crippen LogP contribution in [-0.4, -0.2) is 58.0 Å². The number of anilines is 1. The van der Waals surface area contributed by atoms with E-state index in [1.807, 2.05) is 0 Å². The van der Waals surface area contributed by atoms with Crippen molar-refractivity contribution in [3.8, 4) is 28.6 Å². The molecule has 0 radical (unpaired) electrons. The van der Waals surface area contributed by atoms with Crippen LogP contribution in [0.4, 0.5) is 10.6 Å². The fourth-order valence-electron chi connectivity index (χ4n) is 2.90. The molecule has 11 heteroatoms.